The summed E-state index contributed by atoms with van der Waals surface area (Å²) in [5.41, 5.74) is 1.15. The fraction of sp³-hybridized carbons (Fsp3) is 1.00. The molecule has 0 heteroatoms. The van der Waals surface area contributed by atoms with Gasteiger partial charge in [-0.2, -0.15) is 0 Å². The molecular weight excluding hydrogens is 156 g/mol. The summed E-state index contributed by atoms with van der Waals surface area (Å²) in [6, 6.07) is 0. The maximum Gasteiger partial charge on any atom is -0.0213 e. The predicted octanol–water partition coefficient (Wildman–Crippen LogP) is 4.35. The third kappa shape index (κ3) is 1.25. The van der Waals surface area contributed by atoms with E-state index in [0.717, 1.165) is 17.8 Å². The first-order chi connectivity index (χ1) is 5.80. The van der Waals surface area contributed by atoms with Crippen molar-refractivity contribution in [1.29, 1.82) is 0 Å². The highest BCUT2D eigenvalue weighted by Gasteiger charge is 2.67. The standard InChI is InChI=1S/C13H26/c1-8-9(2)10(3)13(7)11(4)12(13,5)6/h9-11H,8H2,1-7H3. The molecule has 78 valence electrons. The first-order valence-electron chi connectivity index (χ1n) is 5.80. The Balaban J connectivity index is 2.74. The molecule has 1 aliphatic rings. The molecule has 4 atom stereocenters. The highest BCUT2D eigenvalue weighted by atomic mass is 14.7. The van der Waals surface area contributed by atoms with Gasteiger partial charge in [0.25, 0.3) is 0 Å². The van der Waals surface area contributed by atoms with Crippen LogP contribution in [-0.2, 0) is 0 Å². The molecule has 0 N–H and O–H groups in total. The molecule has 0 aromatic heterocycles. The molecule has 1 aliphatic carbocycles. The minimum Gasteiger partial charge on any atom is -0.0651 e. The third-order valence-corrected chi connectivity index (χ3v) is 5.73. The van der Waals surface area contributed by atoms with E-state index < -0.39 is 0 Å². The van der Waals surface area contributed by atoms with Crippen molar-refractivity contribution in [3.63, 3.8) is 0 Å². The molecule has 0 bridgehead atoms. The van der Waals surface area contributed by atoms with Crippen LogP contribution in [0.1, 0.15) is 54.9 Å². The van der Waals surface area contributed by atoms with Crippen LogP contribution in [0.2, 0.25) is 0 Å². The minimum absolute atomic E-state index is 0.565. The Morgan fingerprint density at radius 3 is 1.77 bits per heavy atom. The maximum atomic E-state index is 2.48. The Kier molecular flexibility index (Phi) is 2.56. The second-order valence-corrected chi connectivity index (χ2v) is 5.90. The molecule has 0 nitrogen and oxygen atoms in total. The summed E-state index contributed by atoms with van der Waals surface area (Å²) in [4.78, 5) is 0. The van der Waals surface area contributed by atoms with Crippen molar-refractivity contribution in [2.45, 2.75) is 54.9 Å². The van der Waals surface area contributed by atoms with Crippen molar-refractivity contribution in [1.82, 2.24) is 0 Å². The second kappa shape index (κ2) is 3.00. The summed E-state index contributed by atoms with van der Waals surface area (Å²) < 4.78 is 0. The molecule has 0 amide bonds. The van der Waals surface area contributed by atoms with E-state index in [2.05, 4.69) is 48.5 Å². The SMILES string of the molecule is CCC(C)C(C)C1(C)C(C)C1(C)C. The van der Waals surface area contributed by atoms with Crippen LogP contribution < -0.4 is 0 Å². The van der Waals surface area contributed by atoms with Crippen LogP contribution in [0.5, 0.6) is 0 Å². The molecule has 0 radical (unpaired) electrons. The Hall–Kier alpha value is 0. The Morgan fingerprint density at radius 1 is 1.15 bits per heavy atom. The van der Waals surface area contributed by atoms with Gasteiger partial charge in [-0.1, -0.05) is 54.9 Å². The van der Waals surface area contributed by atoms with Crippen molar-refractivity contribution in [3.05, 3.63) is 0 Å². The monoisotopic (exact) mass is 182 g/mol. The van der Waals surface area contributed by atoms with E-state index in [1.54, 1.807) is 0 Å². The molecule has 4 unspecified atom stereocenters. The highest BCUT2D eigenvalue weighted by Crippen LogP contribution is 2.73. The van der Waals surface area contributed by atoms with Crippen molar-refractivity contribution >= 4 is 0 Å². The molecule has 0 spiro atoms. The van der Waals surface area contributed by atoms with Gasteiger partial charge in [0.15, 0.2) is 0 Å². The molecule has 0 aromatic carbocycles. The summed E-state index contributed by atoms with van der Waals surface area (Å²) in [7, 11) is 0. The zero-order valence-electron chi connectivity index (χ0n) is 10.4. The van der Waals surface area contributed by atoms with Gasteiger partial charge in [-0.3, -0.25) is 0 Å². The number of rotatable bonds is 3. The first kappa shape index (κ1) is 11.1. The quantitative estimate of drug-likeness (QED) is 0.608. The maximum absolute atomic E-state index is 2.48. The smallest absolute Gasteiger partial charge is 0.0213 e. The molecule has 1 saturated carbocycles. The zero-order valence-corrected chi connectivity index (χ0v) is 10.4. The highest BCUT2D eigenvalue weighted by molar-refractivity contribution is 5.15. The van der Waals surface area contributed by atoms with E-state index in [-0.39, 0.29) is 0 Å². The molecule has 0 saturated heterocycles. The van der Waals surface area contributed by atoms with Crippen molar-refractivity contribution in [2.75, 3.05) is 0 Å². The summed E-state index contributed by atoms with van der Waals surface area (Å²) in [6.07, 6.45) is 1.32. The Bertz CT molecular complexity index is 192. The van der Waals surface area contributed by atoms with E-state index in [9.17, 15) is 0 Å². The van der Waals surface area contributed by atoms with Gasteiger partial charge in [0.05, 0.1) is 0 Å². The van der Waals surface area contributed by atoms with Crippen LogP contribution >= 0.6 is 0 Å². The normalized spacial score (nSPS) is 41.3. The largest absolute Gasteiger partial charge is 0.0651 e. The van der Waals surface area contributed by atoms with Gasteiger partial charge in [0.1, 0.15) is 0 Å². The lowest BCUT2D eigenvalue weighted by molar-refractivity contribution is 0.203. The van der Waals surface area contributed by atoms with E-state index in [0.29, 0.717) is 10.8 Å². The lowest BCUT2D eigenvalue weighted by atomic mass is 9.77. The van der Waals surface area contributed by atoms with Crippen molar-refractivity contribution < 1.29 is 0 Å². The van der Waals surface area contributed by atoms with E-state index in [4.69, 9.17) is 0 Å². The molecule has 0 aromatic rings. The molecule has 0 heterocycles. The fourth-order valence-corrected chi connectivity index (χ4v) is 3.24. The van der Waals surface area contributed by atoms with Gasteiger partial charge in [0.2, 0.25) is 0 Å². The molecular formula is C13H26. The summed E-state index contributed by atoms with van der Waals surface area (Å²) in [6.45, 7) is 16.9. The molecule has 0 aliphatic heterocycles. The lowest BCUT2D eigenvalue weighted by Crippen LogP contribution is -2.21. The Labute approximate surface area is 84.1 Å². The minimum atomic E-state index is 0.565. The summed E-state index contributed by atoms with van der Waals surface area (Å²) >= 11 is 0. The van der Waals surface area contributed by atoms with E-state index in [1.807, 2.05) is 0 Å². The van der Waals surface area contributed by atoms with E-state index in [1.165, 1.54) is 6.42 Å². The van der Waals surface area contributed by atoms with Gasteiger partial charge in [-0.05, 0) is 28.6 Å². The topological polar surface area (TPSA) is 0 Å². The van der Waals surface area contributed by atoms with Crippen LogP contribution in [0.25, 0.3) is 0 Å². The first-order valence-corrected chi connectivity index (χ1v) is 5.80. The van der Waals surface area contributed by atoms with Crippen LogP contribution in [-0.4, -0.2) is 0 Å². The van der Waals surface area contributed by atoms with Gasteiger partial charge < -0.3 is 0 Å². The van der Waals surface area contributed by atoms with E-state index >= 15 is 0 Å². The molecule has 1 rings (SSSR count). The van der Waals surface area contributed by atoms with Crippen molar-refractivity contribution in [3.8, 4) is 0 Å². The molecule has 1 fully saturated rings. The Morgan fingerprint density at radius 2 is 1.54 bits per heavy atom. The zero-order chi connectivity index (χ0) is 10.4. The van der Waals surface area contributed by atoms with Crippen LogP contribution in [0.4, 0.5) is 0 Å². The predicted molar refractivity (Wildman–Crippen MR) is 59.7 cm³/mol. The van der Waals surface area contributed by atoms with Crippen LogP contribution in [0.15, 0.2) is 0 Å². The van der Waals surface area contributed by atoms with Crippen LogP contribution in [0.3, 0.4) is 0 Å². The second-order valence-electron chi connectivity index (χ2n) is 5.90. The average molecular weight is 182 g/mol. The molecule has 13 heavy (non-hydrogen) atoms. The summed E-state index contributed by atoms with van der Waals surface area (Å²) in [5.74, 6) is 2.63. The summed E-state index contributed by atoms with van der Waals surface area (Å²) in [5, 5.41) is 0. The van der Waals surface area contributed by atoms with Crippen LogP contribution in [0, 0.1) is 28.6 Å². The fourth-order valence-electron chi connectivity index (χ4n) is 3.24. The lowest BCUT2D eigenvalue weighted by Gasteiger charge is -2.28. The number of hydrogen-bond acceptors (Lipinski definition) is 0. The van der Waals surface area contributed by atoms with Gasteiger partial charge in [-0.15, -0.1) is 0 Å². The number of hydrogen-bond donors (Lipinski definition) is 0. The van der Waals surface area contributed by atoms with Crippen molar-refractivity contribution in [2.24, 2.45) is 28.6 Å². The van der Waals surface area contributed by atoms with Gasteiger partial charge in [-0.25, -0.2) is 0 Å². The average Bonchev–Trinajstić information content (AvgIpc) is 2.48. The third-order valence-electron chi connectivity index (χ3n) is 5.73. The van der Waals surface area contributed by atoms with Gasteiger partial charge in [0, 0.05) is 0 Å². The van der Waals surface area contributed by atoms with Gasteiger partial charge >= 0.3 is 0 Å².